The van der Waals surface area contributed by atoms with E-state index in [2.05, 4.69) is 68.2 Å². The van der Waals surface area contributed by atoms with Crippen molar-refractivity contribution >= 4 is 22.3 Å². The van der Waals surface area contributed by atoms with Crippen LogP contribution in [-0.2, 0) is 13.1 Å². The van der Waals surface area contributed by atoms with Gasteiger partial charge in [-0.1, -0.05) is 30.3 Å². The molecule has 3 N–H and O–H groups in total. The van der Waals surface area contributed by atoms with Crippen molar-refractivity contribution in [1.29, 1.82) is 0 Å². The molecule has 5 aromatic rings. The molecule has 0 atom stereocenters. The second-order valence-corrected chi connectivity index (χ2v) is 7.57. The number of aromatic amines is 1. The lowest BCUT2D eigenvalue weighted by Crippen LogP contribution is -2.11. The molecule has 0 saturated heterocycles. The van der Waals surface area contributed by atoms with Crippen LogP contribution in [0.2, 0.25) is 0 Å². The number of para-hydroxylation sites is 1. The SMILES string of the molecule is Fc1ccc(CNc2ccc(NCCn3cncn3)c(-c3cccc4cc[nH]c34)c2)cc1. The van der Waals surface area contributed by atoms with Crippen LogP contribution in [0.25, 0.3) is 22.0 Å². The van der Waals surface area contributed by atoms with E-state index in [1.165, 1.54) is 17.5 Å². The minimum Gasteiger partial charge on any atom is -0.383 e. The summed E-state index contributed by atoms with van der Waals surface area (Å²) in [5, 5.41) is 12.3. The zero-order valence-corrected chi connectivity index (χ0v) is 17.4. The van der Waals surface area contributed by atoms with Crippen LogP contribution in [0, 0.1) is 5.82 Å². The standard InChI is InChI=1S/C25H23FN6/c26-20-6-4-18(5-7-20)15-30-21-8-9-24(28-12-13-32-17-27-16-31-32)23(14-21)22-3-1-2-19-10-11-29-25(19)22/h1-11,14,16-17,28-30H,12-13,15H2. The number of fused-ring (bicyclic) bond motifs is 1. The lowest BCUT2D eigenvalue weighted by Gasteiger charge is -2.16. The summed E-state index contributed by atoms with van der Waals surface area (Å²) < 4.78 is 15.0. The Kier molecular flexibility index (Phi) is 5.53. The Morgan fingerprint density at radius 2 is 1.84 bits per heavy atom. The maximum atomic E-state index is 13.2. The van der Waals surface area contributed by atoms with Gasteiger partial charge in [-0.25, -0.2) is 9.37 Å². The maximum absolute atomic E-state index is 13.2. The summed E-state index contributed by atoms with van der Waals surface area (Å²) in [6.45, 7) is 2.06. The molecule has 2 aromatic heterocycles. The third-order valence-electron chi connectivity index (χ3n) is 5.43. The largest absolute Gasteiger partial charge is 0.383 e. The fourth-order valence-electron chi connectivity index (χ4n) is 3.80. The van der Waals surface area contributed by atoms with Gasteiger partial charge in [-0.2, -0.15) is 5.10 Å². The topological polar surface area (TPSA) is 70.6 Å². The highest BCUT2D eigenvalue weighted by Gasteiger charge is 2.11. The van der Waals surface area contributed by atoms with E-state index in [1.54, 1.807) is 29.5 Å². The van der Waals surface area contributed by atoms with Gasteiger partial charge in [0, 0.05) is 41.8 Å². The van der Waals surface area contributed by atoms with Crippen molar-refractivity contribution in [2.45, 2.75) is 13.1 Å². The number of nitrogens with zero attached hydrogens (tertiary/aromatic N) is 3. The molecule has 2 heterocycles. The Morgan fingerprint density at radius 3 is 2.69 bits per heavy atom. The molecular formula is C25H23FN6. The minimum absolute atomic E-state index is 0.226. The lowest BCUT2D eigenvalue weighted by atomic mass is 10.00. The molecule has 7 heteroatoms. The highest BCUT2D eigenvalue weighted by molar-refractivity contribution is 5.98. The van der Waals surface area contributed by atoms with E-state index in [9.17, 15) is 4.39 Å². The Morgan fingerprint density at radius 1 is 0.938 bits per heavy atom. The molecular weight excluding hydrogens is 403 g/mol. The van der Waals surface area contributed by atoms with E-state index in [1.807, 2.05) is 6.20 Å². The Hall–Kier alpha value is -4.13. The van der Waals surface area contributed by atoms with Crippen molar-refractivity contribution in [3.63, 3.8) is 0 Å². The van der Waals surface area contributed by atoms with E-state index < -0.39 is 0 Å². The third-order valence-corrected chi connectivity index (χ3v) is 5.43. The number of aromatic nitrogens is 4. The number of rotatable bonds is 8. The average Bonchev–Trinajstić information content (AvgIpc) is 3.51. The zero-order chi connectivity index (χ0) is 21.8. The van der Waals surface area contributed by atoms with Crippen molar-refractivity contribution in [1.82, 2.24) is 19.7 Å². The number of benzene rings is 3. The van der Waals surface area contributed by atoms with E-state index in [4.69, 9.17) is 0 Å². The molecule has 0 radical (unpaired) electrons. The van der Waals surface area contributed by atoms with Crippen LogP contribution in [0.3, 0.4) is 0 Å². The third kappa shape index (κ3) is 4.32. The highest BCUT2D eigenvalue weighted by Crippen LogP contribution is 2.35. The molecule has 160 valence electrons. The molecule has 0 saturated carbocycles. The molecule has 0 unspecified atom stereocenters. The highest BCUT2D eigenvalue weighted by atomic mass is 19.1. The number of halogens is 1. The van der Waals surface area contributed by atoms with E-state index in [0.29, 0.717) is 6.54 Å². The van der Waals surface area contributed by atoms with Crippen LogP contribution in [-0.4, -0.2) is 26.3 Å². The number of nitrogens with one attached hydrogen (secondary N) is 3. The van der Waals surface area contributed by atoms with Gasteiger partial charge >= 0.3 is 0 Å². The molecule has 0 aliphatic rings. The van der Waals surface area contributed by atoms with Crippen molar-refractivity contribution in [2.24, 2.45) is 0 Å². The predicted octanol–water partition coefficient (Wildman–Crippen LogP) is 5.29. The Balaban J connectivity index is 1.43. The average molecular weight is 426 g/mol. The quantitative estimate of drug-likeness (QED) is 0.315. The normalized spacial score (nSPS) is 11.0. The second-order valence-electron chi connectivity index (χ2n) is 7.57. The molecule has 0 fully saturated rings. The first-order valence-corrected chi connectivity index (χ1v) is 10.5. The van der Waals surface area contributed by atoms with Gasteiger partial charge in [0.1, 0.15) is 18.5 Å². The predicted molar refractivity (Wildman–Crippen MR) is 126 cm³/mol. The van der Waals surface area contributed by atoms with Gasteiger partial charge in [0.2, 0.25) is 0 Å². The van der Waals surface area contributed by atoms with E-state index >= 15 is 0 Å². The minimum atomic E-state index is -0.226. The van der Waals surface area contributed by atoms with E-state index in [-0.39, 0.29) is 5.82 Å². The molecule has 0 aliphatic carbocycles. The monoisotopic (exact) mass is 426 g/mol. The lowest BCUT2D eigenvalue weighted by molar-refractivity contribution is 0.627. The molecule has 32 heavy (non-hydrogen) atoms. The van der Waals surface area contributed by atoms with Crippen LogP contribution < -0.4 is 10.6 Å². The summed E-state index contributed by atoms with van der Waals surface area (Å²) >= 11 is 0. The van der Waals surface area contributed by atoms with Crippen molar-refractivity contribution in [3.05, 3.63) is 97.0 Å². The molecule has 5 rings (SSSR count). The fraction of sp³-hybridized carbons (Fsp3) is 0.120. The zero-order valence-electron chi connectivity index (χ0n) is 17.4. The van der Waals surface area contributed by atoms with Crippen molar-refractivity contribution < 1.29 is 4.39 Å². The maximum Gasteiger partial charge on any atom is 0.137 e. The summed E-state index contributed by atoms with van der Waals surface area (Å²) in [6.07, 6.45) is 5.21. The Bertz CT molecular complexity index is 1310. The number of H-pyrrole nitrogens is 1. The van der Waals surface area contributed by atoms with Crippen LogP contribution in [0.1, 0.15) is 5.56 Å². The van der Waals surface area contributed by atoms with Gasteiger partial charge in [0.15, 0.2) is 0 Å². The molecule has 6 nitrogen and oxygen atoms in total. The summed E-state index contributed by atoms with van der Waals surface area (Å²) in [7, 11) is 0. The van der Waals surface area contributed by atoms with Gasteiger partial charge < -0.3 is 15.6 Å². The van der Waals surface area contributed by atoms with Crippen LogP contribution in [0.15, 0.2) is 85.6 Å². The van der Waals surface area contributed by atoms with Crippen molar-refractivity contribution in [3.8, 4) is 11.1 Å². The molecule has 3 aromatic carbocycles. The van der Waals surface area contributed by atoms with Gasteiger partial charge in [0.05, 0.1) is 12.1 Å². The first kappa shape index (κ1) is 19.8. The van der Waals surface area contributed by atoms with Crippen LogP contribution in [0.5, 0.6) is 0 Å². The number of hydrogen-bond acceptors (Lipinski definition) is 4. The second kappa shape index (κ2) is 8.93. The fourth-order valence-corrected chi connectivity index (χ4v) is 3.80. The van der Waals surface area contributed by atoms with Gasteiger partial charge in [-0.15, -0.1) is 0 Å². The van der Waals surface area contributed by atoms with Gasteiger partial charge in [-0.3, -0.25) is 4.68 Å². The van der Waals surface area contributed by atoms with Crippen LogP contribution in [0.4, 0.5) is 15.8 Å². The molecule has 0 amide bonds. The number of anilines is 2. The molecule has 0 bridgehead atoms. The van der Waals surface area contributed by atoms with Gasteiger partial charge in [-0.05, 0) is 47.3 Å². The first-order valence-electron chi connectivity index (χ1n) is 10.5. The summed E-state index contributed by atoms with van der Waals surface area (Å²) in [6, 6.07) is 21.2. The summed E-state index contributed by atoms with van der Waals surface area (Å²) in [5.74, 6) is -0.226. The summed E-state index contributed by atoms with van der Waals surface area (Å²) in [4.78, 5) is 7.36. The first-order chi connectivity index (χ1) is 15.8. The van der Waals surface area contributed by atoms with E-state index in [0.717, 1.165) is 46.7 Å². The van der Waals surface area contributed by atoms with Crippen LogP contribution >= 0.6 is 0 Å². The Labute approximate surface area is 185 Å². The van der Waals surface area contributed by atoms with Crippen molar-refractivity contribution in [2.75, 3.05) is 17.2 Å². The molecule has 0 aliphatic heterocycles. The number of hydrogen-bond donors (Lipinski definition) is 3. The van der Waals surface area contributed by atoms with Gasteiger partial charge in [0.25, 0.3) is 0 Å². The smallest absolute Gasteiger partial charge is 0.137 e. The summed E-state index contributed by atoms with van der Waals surface area (Å²) in [5.41, 5.74) is 6.38. The molecule has 0 spiro atoms.